The predicted octanol–water partition coefficient (Wildman–Crippen LogP) is 4.14. The molecule has 1 aliphatic rings. The number of hydrogen-bond donors (Lipinski definition) is 0. The monoisotopic (exact) mass is 373 g/mol. The van der Waals surface area contributed by atoms with Gasteiger partial charge >= 0.3 is 5.97 Å². The summed E-state index contributed by atoms with van der Waals surface area (Å²) in [5.74, 6) is -0.206. The normalized spacial score (nSPS) is 13.8. The summed E-state index contributed by atoms with van der Waals surface area (Å²) in [6, 6.07) is 4.86. The van der Waals surface area contributed by atoms with Gasteiger partial charge in [0.25, 0.3) is 5.91 Å². The molecule has 6 heteroatoms. The van der Waals surface area contributed by atoms with Crippen LogP contribution in [0.1, 0.15) is 49.6 Å². The Labute approximate surface area is 157 Å². The molecule has 0 bridgehead atoms. The van der Waals surface area contributed by atoms with E-state index in [0.29, 0.717) is 23.4 Å². The van der Waals surface area contributed by atoms with Crippen LogP contribution in [0.2, 0.25) is 0 Å². The molecule has 0 radical (unpaired) electrons. The van der Waals surface area contributed by atoms with Crippen molar-refractivity contribution in [1.82, 2.24) is 0 Å². The third-order valence-corrected chi connectivity index (χ3v) is 6.16. The quantitative estimate of drug-likeness (QED) is 0.759. The average Bonchev–Trinajstić information content (AvgIpc) is 2.83. The molecule has 0 saturated heterocycles. The second-order valence-corrected chi connectivity index (χ2v) is 7.59. The van der Waals surface area contributed by atoms with E-state index in [9.17, 15) is 9.59 Å². The molecule has 3 rings (SSSR count). The fourth-order valence-corrected chi connectivity index (χ4v) is 4.52. The van der Waals surface area contributed by atoms with E-state index >= 15 is 0 Å². The van der Waals surface area contributed by atoms with Crippen molar-refractivity contribution in [1.29, 1.82) is 0 Å². The Morgan fingerprint density at radius 1 is 1.15 bits per heavy atom. The second kappa shape index (κ2) is 7.50. The standard InChI is InChI=1S/C20H23NO4S/c1-12-13(2)26-19-15(12)7-5-6-10-21(19)18(22)14-8-9-16(20(23)25-4)17(11-14)24-3/h8-9,11H,5-7,10H2,1-4H3. The molecule has 1 amide bonds. The van der Waals surface area contributed by atoms with Crippen LogP contribution < -0.4 is 9.64 Å². The summed E-state index contributed by atoms with van der Waals surface area (Å²) >= 11 is 1.68. The number of carbonyl (C=O) groups excluding carboxylic acids is 2. The molecule has 2 heterocycles. The van der Waals surface area contributed by atoms with Crippen molar-refractivity contribution in [3.05, 3.63) is 45.3 Å². The topological polar surface area (TPSA) is 55.8 Å². The van der Waals surface area contributed by atoms with E-state index in [2.05, 4.69) is 13.8 Å². The number of hydrogen-bond acceptors (Lipinski definition) is 5. The first kappa shape index (κ1) is 18.5. The van der Waals surface area contributed by atoms with E-state index in [4.69, 9.17) is 9.47 Å². The summed E-state index contributed by atoms with van der Waals surface area (Å²) < 4.78 is 10.1. The van der Waals surface area contributed by atoms with E-state index in [0.717, 1.165) is 24.3 Å². The van der Waals surface area contributed by atoms with Gasteiger partial charge in [0.1, 0.15) is 16.3 Å². The minimum Gasteiger partial charge on any atom is -0.496 e. The van der Waals surface area contributed by atoms with E-state index in [1.165, 1.54) is 30.2 Å². The Morgan fingerprint density at radius 3 is 2.62 bits per heavy atom. The van der Waals surface area contributed by atoms with Gasteiger partial charge in [0.2, 0.25) is 0 Å². The van der Waals surface area contributed by atoms with Gasteiger partial charge in [-0.2, -0.15) is 0 Å². The molecule has 0 aliphatic carbocycles. The van der Waals surface area contributed by atoms with Crippen LogP contribution in [0.3, 0.4) is 0 Å². The van der Waals surface area contributed by atoms with Gasteiger partial charge in [0, 0.05) is 17.0 Å². The molecule has 0 fully saturated rings. The van der Waals surface area contributed by atoms with Gasteiger partial charge in [0.15, 0.2) is 0 Å². The zero-order chi connectivity index (χ0) is 18.8. The number of esters is 1. The van der Waals surface area contributed by atoms with E-state index in [1.807, 2.05) is 4.90 Å². The number of ether oxygens (including phenoxy) is 2. The number of anilines is 1. The lowest BCUT2D eigenvalue weighted by molar-refractivity contribution is 0.0596. The van der Waals surface area contributed by atoms with E-state index in [1.54, 1.807) is 29.5 Å². The fraction of sp³-hybridized carbons (Fsp3) is 0.400. The molecule has 138 valence electrons. The van der Waals surface area contributed by atoms with Gasteiger partial charge in [-0.05, 0) is 62.4 Å². The van der Waals surface area contributed by atoms with Crippen molar-refractivity contribution in [2.75, 3.05) is 25.7 Å². The molecule has 1 aromatic carbocycles. The largest absolute Gasteiger partial charge is 0.496 e. The summed E-state index contributed by atoms with van der Waals surface area (Å²) in [5, 5.41) is 1.05. The molecule has 2 aromatic rings. The molecular weight excluding hydrogens is 350 g/mol. The number of rotatable bonds is 3. The van der Waals surface area contributed by atoms with Crippen molar-refractivity contribution in [2.24, 2.45) is 0 Å². The molecule has 0 atom stereocenters. The Hall–Kier alpha value is -2.34. The summed E-state index contributed by atoms with van der Waals surface area (Å²) in [6.45, 7) is 4.94. The molecule has 0 N–H and O–H groups in total. The number of thiophene rings is 1. The van der Waals surface area contributed by atoms with Crippen molar-refractivity contribution >= 4 is 28.2 Å². The lowest BCUT2D eigenvalue weighted by atomic mass is 10.1. The SMILES string of the molecule is COC(=O)c1ccc(C(=O)N2CCCCc3c2sc(C)c3C)cc1OC. The van der Waals surface area contributed by atoms with Crippen molar-refractivity contribution in [3.8, 4) is 5.75 Å². The minimum atomic E-state index is -0.484. The summed E-state index contributed by atoms with van der Waals surface area (Å²) in [4.78, 5) is 28.2. The first-order valence-corrected chi connectivity index (χ1v) is 9.46. The number of methoxy groups -OCH3 is 2. The molecule has 0 spiro atoms. The minimum absolute atomic E-state index is 0.0656. The van der Waals surface area contributed by atoms with Gasteiger partial charge in [-0.25, -0.2) is 4.79 Å². The molecular formula is C20H23NO4S. The third kappa shape index (κ3) is 3.21. The molecule has 1 aromatic heterocycles. The maximum Gasteiger partial charge on any atom is 0.341 e. The van der Waals surface area contributed by atoms with Crippen LogP contribution in [0, 0.1) is 13.8 Å². The number of benzene rings is 1. The van der Waals surface area contributed by atoms with Crippen molar-refractivity contribution in [3.63, 3.8) is 0 Å². The highest BCUT2D eigenvalue weighted by molar-refractivity contribution is 7.16. The van der Waals surface area contributed by atoms with Gasteiger partial charge in [-0.15, -0.1) is 11.3 Å². The van der Waals surface area contributed by atoms with Gasteiger partial charge < -0.3 is 9.47 Å². The Morgan fingerprint density at radius 2 is 1.92 bits per heavy atom. The van der Waals surface area contributed by atoms with Crippen LogP contribution in [0.4, 0.5) is 5.00 Å². The highest BCUT2D eigenvalue weighted by atomic mass is 32.1. The third-order valence-electron chi connectivity index (χ3n) is 4.89. The van der Waals surface area contributed by atoms with Crippen LogP contribution in [0.5, 0.6) is 5.75 Å². The van der Waals surface area contributed by atoms with Crippen LogP contribution >= 0.6 is 11.3 Å². The maximum absolute atomic E-state index is 13.2. The number of fused-ring (bicyclic) bond motifs is 1. The average molecular weight is 373 g/mol. The van der Waals surface area contributed by atoms with Crippen LogP contribution in [0.15, 0.2) is 18.2 Å². The number of aryl methyl sites for hydroxylation is 1. The summed E-state index contributed by atoms with van der Waals surface area (Å²) in [7, 11) is 2.80. The Balaban J connectivity index is 1.99. The molecule has 0 saturated carbocycles. The zero-order valence-corrected chi connectivity index (χ0v) is 16.4. The number of carbonyl (C=O) groups is 2. The molecule has 26 heavy (non-hydrogen) atoms. The smallest absolute Gasteiger partial charge is 0.341 e. The predicted molar refractivity (Wildman–Crippen MR) is 103 cm³/mol. The van der Waals surface area contributed by atoms with Crippen molar-refractivity contribution in [2.45, 2.75) is 33.1 Å². The lowest BCUT2D eigenvalue weighted by Crippen LogP contribution is -2.31. The maximum atomic E-state index is 13.2. The van der Waals surface area contributed by atoms with Gasteiger partial charge in [0.05, 0.1) is 14.2 Å². The van der Waals surface area contributed by atoms with Crippen LogP contribution in [-0.2, 0) is 11.2 Å². The van der Waals surface area contributed by atoms with Crippen LogP contribution in [0.25, 0.3) is 0 Å². The van der Waals surface area contributed by atoms with Gasteiger partial charge in [-0.3, -0.25) is 9.69 Å². The molecule has 1 aliphatic heterocycles. The van der Waals surface area contributed by atoms with Crippen molar-refractivity contribution < 1.29 is 19.1 Å². The van der Waals surface area contributed by atoms with Gasteiger partial charge in [-0.1, -0.05) is 0 Å². The fourth-order valence-electron chi connectivity index (χ4n) is 3.29. The Bertz CT molecular complexity index is 856. The number of amides is 1. The van der Waals surface area contributed by atoms with Crippen LogP contribution in [-0.4, -0.2) is 32.6 Å². The molecule has 0 unspecified atom stereocenters. The lowest BCUT2D eigenvalue weighted by Gasteiger charge is -2.21. The highest BCUT2D eigenvalue weighted by Gasteiger charge is 2.27. The zero-order valence-electron chi connectivity index (χ0n) is 15.5. The summed E-state index contributed by atoms with van der Waals surface area (Å²) in [6.07, 6.45) is 3.07. The second-order valence-electron chi connectivity index (χ2n) is 6.39. The number of nitrogens with zero attached hydrogens (tertiary/aromatic N) is 1. The van der Waals surface area contributed by atoms with E-state index in [-0.39, 0.29) is 5.91 Å². The first-order chi connectivity index (χ1) is 12.5. The first-order valence-electron chi connectivity index (χ1n) is 8.65. The molecule has 5 nitrogen and oxygen atoms in total. The van der Waals surface area contributed by atoms with E-state index < -0.39 is 5.97 Å². The highest BCUT2D eigenvalue weighted by Crippen LogP contribution is 2.39. The summed E-state index contributed by atoms with van der Waals surface area (Å²) in [5.41, 5.74) is 3.40. The Kier molecular flexibility index (Phi) is 5.32.